The Bertz CT molecular complexity index is 1460. The molecule has 39 heavy (non-hydrogen) atoms. The molecule has 0 atom stereocenters. The van der Waals surface area contributed by atoms with Crippen molar-refractivity contribution in [3.8, 4) is 11.6 Å². The van der Waals surface area contributed by atoms with Gasteiger partial charge in [0, 0.05) is 22.2 Å². The first-order chi connectivity index (χ1) is 19.0. The van der Waals surface area contributed by atoms with Gasteiger partial charge in [0.05, 0.1) is 6.21 Å². The van der Waals surface area contributed by atoms with E-state index in [2.05, 4.69) is 40.7 Å². The van der Waals surface area contributed by atoms with Gasteiger partial charge < -0.3 is 10.5 Å². The number of ether oxygens (including phenoxy) is 1. The molecule has 12 nitrogen and oxygen atoms in total. The summed E-state index contributed by atoms with van der Waals surface area (Å²) in [5.74, 6) is 0.198. The van der Waals surface area contributed by atoms with Crippen molar-refractivity contribution in [3.05, 3.63) is 75.0 Å². The number of nitrogens with two attached hydrogens (primary N) is 1. The lowest BCUT2D eigenvalue weighted by atomic mass is 10.1. The van der Waals surface area contributed by atoms with Crippen LogP contribution < -0.4 is 15.9 Å². The highest BCUT2D eigenvalue weighted by Crippen LogP contribution is 2.23. The monoisotopic (exact) mass is 569 g/mol. The number of rotatable bonds is 9. The predicted molar refractivity (Wildman–Crippen MR) is 145 cm³/mol. The summed E-state index contributed by atoms with van der Waals surface area (Å²) in [6, 6.07) is 12.5. The zero-order valence-electron chi connectivity index (χ0n) is 20.8. The molecule has 4 aromatic rings. The van der Waals surface area contributed by atoms with Crippen molar-refractivity contribution < 1.29 is 14.2 Å². The summed E-state index contributed by atoms with van der Waals surface area (Å²) in [6.07, 6.45) is 4.90. The Balaban J connectivity index is 1.25. The van der Waals surface area contributed by atoms with Crippen molar-refractivity contribution >= 4 is 41.1 Å². The van der Waals surface area contributed by atoms with Crippen LogP contribution in [0.4, 0.5) is 5.82 Å². The van der Waals surface area contributed by atoms with Crippen LogP contribution >= 0.6 is 23.2 Å². The third-order valence-corrected chi connectivity index (χ3v) is 6.73. The van der Waals surface area contributed by atoms with Gasteiger partial charge in [-0.25, -0.2) is 10.1 Å². The average Bonchev–Trinajstić information content (AvgIpc) is 3.55. The number of nitrogens with zero attached hydrogens (tertiary/aromatic N) is 7. The van der Waals surface area contributed by atoms with Crippen molar-refractivity contribution in [2.75, 3.05) is 18.8 Å². The van der Waals surface area contributed by atoms with Crippen LogP contribution in [-0.4, -0.2) is 55.4 Å². The summed E-state index contributed by atoms with van der Waals surface area (Å²) in [5.41, 5.74) is 10.6. The first kappa shape index (κ1) is 26.6. The molecule has 5 rings (SSSR count). The normalized spacial score (nSPS) is 14.1. The molecule has 2 aromatic heterocycles. The first-order valence-electron chi connectivity index (χ1n) is 12.2. The molecule has 2 aromatic carbocycles. The van der Waals surface area contributed by atoms with Crippen LogP contribution in [0.3, 0.4) is 0 Å². The van der Waals surface area contributed by atoms with Crippen molar-refractivity contribution in [3.63, 3.8) is 0 Å². The summed E-state index contributed by atoms with van der Waals surface area (Å²) in [4.78, 5) is 15.4. The quantitative estimate of drug-likeness (QED) is 0.226. The van der Waals surface area contributed by atoms with Gasteiger partial charge in [0.25, 0.3) is 5.91 Å². The molecule has 3 N–H and O–H groups in total. The Kier molecular flexibility index (Phi) is 8.35. The van der Waals surface area contributed by atoms with E-state index < -0.39 is 5.91 Å². The molecule has 1 aliphatic rings. The topological polar surface area (TPSA) is 150 Å². The number of carbonyl (C=O) groups is 1. The van der Waals surface area contributed by atoms with Gasteiger partial charge in [-0.2, -0.15) is 9.78 Å². The van der Waals surface area contributed by atoms with Gasteiger partial charge in [0.15, 0.2) is 5.69 Å². The van der Waals surface area contributed by atoms with E-state index in [1.54, 1.807) is 24.3 Å². The molecule has 1 amide bonds. The molecule has 202 valence electrons. The third-order valence-electron chi connectivity index (χ3n) is 6.14. The number of hydrogen-bond acceptors (Lipinski definition) is 10. The SMILES string of the molecule is Nc1nonc1-n1nnc(CN2CCCCC2)c1C(=O)N/N=C/c1ccc(OCc2ccc(Cl)cc2Cl)cc1. The maximum atomic E-state index is 13.2. The smallest absolute Gasteiger partial charge is 0.292 e. The van der Waals surface area contributed by atoms with Crippen LogP contribution in [0.25, 0.3) is 5.82 Å². The van der Waals surface area contributed by atoms with Crippen LogP contribution in [0.5, 0.6) is 5.75 Å². The molecular formula is C25H25Cl2N9O3. The lowest BCUT2D eigenvalue weighted by Crippen LogP contribution is -2.31. The number of carbonyl (C=O) groups excluding carboxylic acids is 1. The number of benzene rings is 2. The fourth-order valence-electron chi connectivity index (χ4n) is 4.13. The van der Waals surface area contributed by atoms with E-state index in [0.717, 1.165) is 37.1 Å². The summed E-state index contributed by atoms with van der Waals surface area (Å²) in [7, 11) is 0. The van der Waals surface area contributed by atoms with Crippen molar-refractivity contribution in [2.45, 2.75) is 32.4 Å². The number of hydrazone groups is 1. The van der Waals surface area contributed by atoms with Crippen molar-refractivity contribution in [2.24, 2.45) is 5.10 Å². The molecule has 0 aliphatic carbocycles. The molecule has 0 saturated carbocycles. The highest BCUT2D eigenvalue weighted by atomic mass is 35.5. The number of amides is 1. The number of halogens is 2. The standard InChI is InChI=1S/C25H25Cl2N9O3/c26-18-7-6-17(20(27)12-18)15-38-19-8-4-16(5-9-19)13-29-31-25(37)22-21(14-35-10-2-1-3-11-35)30-34-36(22)24-23(28)32-39-33-24/h4-9,12-13H,1-3,10-11,14-15H2,(H2,28,32)(H,31,37)/b29-13+. The molecule has 1 fully saturated rings. The van der Waals surface area contributed by atoms with Crippen LogP contribution in [0.2, 0.25) is 10.0 Å². The lowest BCUT2D eigenvalue weighted by molar-refractivity contribution is 0.0944. The molecule has 14 heteroatoms. The first-order valence-corrected chi connectivity index (χ1v) is 13.0. The number of anilines is 1. The Hall–Kier alpha value is -4.00. The van der Waals surface area contributed by atoms with Crippen molar-refractivity contribution in [1.82, 2.24) is 35.6 Å². The minimum absolute atomic E-state index is 0.0115. The summed E-state index contributed by atoms with van der Waals surface area (Å²) in [5, 5.41) is 20.9. The minimum atomic E-state index is -0.523. The number of piperidine rings is 1. The van der Waals surface area contributed by atoms with Gasteiger partial charge in [-0.15, -0.1) is 5.10 Å². The van der Waals surface area contributed by atoms with Crippen LogP contribution in [0.15, 0.2) is 52.2 Å². The highest BCUT2D eigenvalue weighted by Gasteiger charge is 2.26. The third kappa shape index (κ3) is 6.53. The number of likely N-dealkylation sites (tertiary alicyclic amines) is 1. The summed E-state index contributed by atoms with van der Waals surface area (Å²) in [6.45, 7) is 2.60. The van der Waals surface area contributed by atoms with Gasteiger partial charge in [-0.05, 0) is 78.2 Å². The molecule has 1 saturated heterocycles. The molecule has 0 bridgehead atoms. The van der Waals surface area contributed by atoms with E-state index in [0.29, 0.717) is 34.6 Å². The number of aromatic nitrogens is 5. The van der Waals surface area contributed by atoms with E-state index in [1.165, 1.54) is 17.3 Å². The maximum Gasteiger partial charge on any atom is 0.292 e. The summed E-state index contributed by atoms with van der Waals surface area (Å²) >= 11 is 12.1. The number of nitrogen functional groups attached to an aromatic ring is 1. The Morgan fingerprint density at radius 2 is 1.92 bits per heavy atom. The fraction of sp³-hybridized carbons (Fsp3) is 0.280. The number of hydrogen-bond donors (Lipinski definition) is 2. The molecular weight excluding hydrogens is 545 g/mol. The van der Waals surface area contributed by atoms with E-state index in [9.17, 15) is 4.79 Å². The van der Waals surface area contributed by atoms with Gasteiger partial charge in [0.1, 0.15) is 18.1 Å². The Morgan fingerprint density at radius 1 is 1.13 bits per heavy atom. The average molecular weight is 570 g/mol. The molecule has 3 heterocycles. The second-order valence-corrected chi connectivity index (χ2v) is 9.74. The minimum Gasteiger partial charge on any atom is -0.489 e. The maximum absolute atomic E-state index is 13.2. The second-order valence-electron chi connectivity index (χ2n) is 8.90. The number of nitrogens with one attached hydrogen (secondary N) is 1. The van der Waals surface area contributed by atoms with Crippen LogP contribution in [-0.2, 0) is 13.2 Å². The molecule has 0 radical (unpaired) electrons. The summed E-state index contributed by atoms with van der Waals surface area (Å²) < 4.78 is 11.7. The lowest BCUT2D eigenvalue weighted by Gasteiger charge is -2.25. The van der Waals surface area contributed by atoms with Crippen molar-refractivity contribution in [1.29, 1.82) is 0 Å². The zero-order chi connectivity index (χ0) is 27.2. The van der Waals surface area contributed by atoms with Gasteiger partial charge in [-0.1, -0.05) is 40.9 Å². The Labute approximate surface area is 233 Å². The Morgan fingerprint density at radius 3 is 2.64 bits per heavy atom. The zero-order valence-corrected chi connectivity index (χ0v) is 22.3. The van der Waals surface area contributed by atoms with Gasteiger partial charge in [0.2, 0.25) is 11.6 Å². The van der Waals surface area contributed by atoms with E-state index in [-0.39, 0.29) is 17.3 Å². The molecule has 0 spiro atoms. The predicted octanol–water partition coefficient (Wildman–Crippen LogP) is 3.87. The van der Waals surface area contributed by atoms with Gasteiger partial charge >= 0.3 is 0 Å². The van der Waals surface area contributed by atoms with Gasteiger partial charge in [-0.3, -0.25) is 9.69 Å². The second kappa shape index (κ2) is 12.2. The largest absolute Gasteiger partial charge is 0.489 e. The highest BCUT2D eigenvalue weighted by molar-refractivity contribution is 6.35. The molecule has 1 aliphatic heterocycles. The van der Waals surface area contributed by atoms with E-state index in [4.69, 9.17) is 33.7 Å². The van der Waals surface area contributed by atoms with E-state index in [1.807, 2.05) is 18.2 Å². The van der Waals surface area contributed by atoms with E-state index >= 15 is 0 Å². The van der Waals surface area contributed by atoms with Crippen LogP contribution in [0.1, 0.15) is 46.6 Å². The van der Waals surface area contributed by atoms with Crippen LogP contribution in [0, 0.1) is 0 Å². The fourth-order valence-corrected chi connectivity index (χ4v) is 4.59. The molecule has 0 unspecified atom stereocenters.